The minimum Gasteiger partial charge on any atom is -0.357 e. The highest BCUT2D eigenvalue weighted by Gasteiger charge is 2.20. The lowest BCUT2D eigenvalue weighted by molar-refractivity contribution is 0.179. The summed E-state index contributed by atoms with van der Waals surface area (Å²) in [5.74, 6) is 1.62. The third-order valence-electron chi connectivity index (χ3n) is 4.10. The number of aromatic nitrogens is 1. The van der Waals surface area contributed by atoms with Gasteiger partial charge >= 0.3 is 0 Å². The lowest BCUT2D eigenvalue weighted by Crippen LogP contribution is -2.47. The van der Waals surface area contributed by atoms with E-state index < -0.39 is 0 Å². The molecule has 25 heavy (non-hydrogen) atoms. The van der Waals surface area contributed by atoms with Crippen LogP contribution in [0.15, 0.2) is 10.4 Å². The number of halogens is 1. The first-order valence-electron chi connectivity index (χ1n) is 9.05. The van der Waals surface area contributed by atoms with E-state index in [1.54, 1.807) is 11.3 Å². The van der Waals surface area contributed by atoms with Crippen LogP contribution < -0.4 is 10.6 Å². The second-order valence-electron chi connectivity index (χ2n) is 7.67. The normalized spacial score (nSPS) is 17.2. The smallest absolute Gasteiger partial charge is 0.191 e. The summed E-state index contributed by atoms with van der Waals surface area (Å²) in [5, 5.41) is 10.2. The molecule has 0 bridgehead atoms. The van der Waals surface area contributed by atoms with E-state index in [1.807, 2.05) is 0 Å². The molecule has 7 heteroatoms. The van der Waals surface area contributed by atoms with Gasteiger partial charge in [-0.1, -0.05) is 0 Å². The van der Waals surface area contributed by atoms with Gasteiger partial charge in [0.05, 0.1) is 10.7 Å². The predicted molar refractivity (Wildman–Crippen MR) is 119 cm³/mol. The lowest BCUT2D eigenvalue weighted by atomic mass is 9.97. The minimum atomic E-state index is 0. The summed E-state index contributed by atoms with van der Waals surface area (Å²) in [6.07, 6.45) is 2.45. The first-order chi connectivity index (χ1) is 11.4. The zero-order chi connectivity index (χ0) is 17.6. The topological polar surface area (TPSA) is 52.6 Å². The van der Waals surface area contributed by atoms with Gasteiger partial charge in [0.2, 0.25) is 0 Å². The molecule has 0 radical (unpaired) electrons. The number of hydrogen-bond acceptors (Lipinski definition) is 4. The molecule has 2 rings (SSSR count). The fourth-order valence-electron chi connectivity index (χ4n) is 2.92. The number of rotatable bonds is 5. The van der Waals surface area contributed by atoms with Gasteiger partial charge in [0.15, 0.2) is 5.96 Å². The van der Waals surface area contributed by atoms with Gasteiger partial charge in [-0.3, -0.25) is 9.89 Å². The molecular formula is C18H34IN5S. The van der Waals surface area contributed by atoms with Crippen molar-refractivity contribution < 1.29 is 0 Å². The summed E-state index contributed by atoms with van der Waals surface area (Å²) in [6.45, 7) is 15.8. The summed E-state index contributed by atoms with van der Waals surface area (Å²) in [4.78, 5) is 11.9. The van der Waals surface area contributed by atoms with Crippen molar-refractivity contribution in [1.29, 1.82) is 0 Å². The second-order valence-corrected chi connectivity index (χ2v) is 8.73. The highest BCUT2D eigenvalue weighted by Crippen LogP contribution is 2.20. The van der Waals surface area contributed by atoms with Crippen molar-refractivity contribution >= 4 is 41.3 Å². The van der Waals surface area contributed by atoms with Crippen LogP contribution in [-0.4, -0.2) is 47.6 Å². The molecule has 2 N–H and O–H groups in total. The summed E-state index contributed by atoms with van der Waals surface area (Å²) in [5.41, 5.74) is 1.26. The van der Waals surface area contributed by atoms with Crippen molar-refractivity contribution in [3.8, 4) is 0 Å². The van der Waals surface area contributed by atoms with Crippen LogP contribution in [0.4, 0.5) is 0 Å². The standard InChI is InChI=1S/C18H33N5S.HI/c1-6-19-17(22-18(3,4)5)20-11-15-7-9-23(10-8-15)12-16-13-24-14(2)21-16;/h13,15H,6-12H2,1-5H3,(H2,19,20,22);1H. The maximum Gasteiger partial charge on any atom is 0.191 e. The van der Waals surface area contributed by atoms with Gasteiger partial charge in [-0.25, -0.2) is 4.98 Å². The number of piperidine rings is 1. The molecule has 1 aromatic rings. The number of nitrogens with zero attached hydrogens (tertiary/aromatic N) is 3. The van der Waals surface area contributed by atoms with Gasteiger partial charge in [-0.2, -0.15) is 0 Å². The molecule has 1 aliphatic rings. The summed E-state index contributed by atoms with van der Waals surface area (Å²) in [6, 6.07) is 0. The average molecular weight is 479 g/mol. The third-order valence-corrected chi connectivity index (χ3v) is 4.93. The Kier molecular flexibility index (Phi) is 9.66. The molecule has 1 aromatic heterocycles. The molecule has 0 saturated carbocycles. The molecule has 0 atom stereocenters. The van der Waals surface area contributed by atoms with Gasteiger partial charge in [0.25, 0.3) is 0 Å². The van der Waals surface area contributed by atoms with Crippen molar-refractivity contribution in [3.63, 3.8) is 0 Å². The second kappa shape index (κ2) is 10.7. The molecule has 0 spiro atoms. The van der Waals surface area contributed by atoms with E-state index in [9.17, 15) is 0 Å². The fourth-order valence-corrected chi connectivity index (χ4v) is 3.52. The molecule has 0 amide bonds. The predicted octanol–water partition coefficient (Wildman–Crippen LogP) is 3.64. The molecule has 0 aromatic carbocycles. The Hall–Kier alpha value is -0.410. The number of likely N-dealkylation sites (tertiary alicyclic amines) is 1. The number of nitrogens with one attached hydrogen (secondary N) is 2. The molecule has 1 fully saturated rings. The van der Waals surface area contributed by atoms with Crippen molar-refractivity contribution in [2.45, 2.75) is 59.5 Å². The SMILES string of the molecule is CCNC(=NCC1CCN(Cc2csc(C)n2)CC1)NC(C)(C)C.I. The molecule has 1 aliphatic heterocycles. The van der Waals surface area contributed by atoms with Crippen molar-refractivity contribution in [2.24, 2.45) is 10.9 Å². The molecule has 5 nitrogen and oxygen atoms in total. The number of hydrogen-bond donors (Lipinski definition) is 2. The average Bonchev–Trinajstić information content (AvgIpc) is 2.90. The van der Waals surface area contributed by atoms with Crippen LogP contribution >= 0.6 is 35.3 Å². The Balaban J connectivity index is 0.00000312. The number of thiazole rings is 1. The van der Waals surface area contributed by atoms with Gasteiger partial charge in [-0.15, -0.1) is 35.3 Å². The van der Waals surface area contributed by atoms with Crippen molar-refractivity contribution in [3.05, 3.63) is 16.1 Å². The molecule has 0 unspecified atom stereocenters. The van der Waals surface area contributed by atoms with Crippen LogP contribution in [0, 0.1) is 12.8 Å². The van der Waals surface area contributed by atoms with Crippen LogP contribution in [0.1, 0.15) is 51.2 Å². The zero-order valence-electron chi connectivity index (χ0n) is 16.3. The molecular weight excluding hydrogens is 445 g/mol. The summed E-state index contributed by atoms with van der Waals surface area (Å²) < 4.78 is 0. The van der Waals surface area contributed by atoms with E-state index in [-0.39, 0.29) is 29.5 Å². The fraction of sp³-hybridized carbons (Fsp3) is 0.778. The highest BCUT2D eigenvalue weighted by atomic mass is 127. The van der Waals surface area contributed by atoms with Crippen molar-refractivity contribution in [2.75, 3.05) is 26.2 Å². The van der Waals surface area contributed by atoms with Crippen LogP contribution in [0.25, 0.3) is 0 Å². The Bertz CT molecular complexity index is 530. The van der Waals surface area contributed by atoms with E-state index in [4.69, 9.17) is 4.99 Å². The maximum atomic E-state index is 4.80. The Morgan fingerprint density at radius 1 is 1.36 bits per heavy atom. The van der Waals surface area contributed by atoms with Crippen molar-refractivity contribution in [1.82, 2.24) is 20.5 Å². The van der Waals surface area contributed by atoms with Crippen LogP contribution in [0.2, 0.25) is 0 Å². The molecule has 2 heterocycles. The quantitative estimate of drug-likeness (QED) is 0.385. The van der Waals surface area contributed by atoms with E-state index in [0.717, 1.165) is 43.7 Å². The van der Waals surface area contributed by atoms with Crippen LogP contribution in [-0.2, 0) is 6.54 Å². The number of aryl methyl sites for hydroxylation is 1. The van der Waals surface area contributed by atoms with E-state index in [0.29, 0.717) is 5.92 Å². The van der Waals surface area contributed by atoms with Crippen LogP contribution in [0.5, 0.6) is 0 Å². The van der Waals surface area contributed by atoms with E-state index >= 15 is 0 Å². The largest absolute Gasteiger partial charge is 0.357 e. The third kappa shape index (κ3) is 8.68. The minimum absolute atomic E-state index is 0. The van der Waals surface area contributed by atoms with E-state index in [1.165, 1.54) is 18.5 Å². The first kappa shape index (κ1) is 22.6. The Morgan fingerprint density at radius 2 is 2.04 bits per heavy atom. The Labute approximate surface area is 174 Å². The molecule has 0 aliphatic carbocycles. The molecule has 144 valence electrons. The van der Waals surface area contributed by atoms with Crippen LogP contribution in [0.3, 0.4) is 0 Å². The summed E-state index contributed by atoms with van der Waals surface area (Å²) >= 11 is 1.74. The van der Waals surface area contributed by atoms with Gasteiger partial charge in [-0.05, 0) is 66.5 Å². The first-order valence-corrected chi connectivity index (χ1v) is 9.93. The maximum absolute atomic E-state index is 4.80. The van der Waals surface area contributed by atoms with Gasteiger partial charge < -0.3 is 10.6 Å². The van der Waals surface area contributed by atoms with E-state index in [2.05, 4.69) is 60.5 Å². The number of guanidine groups is 1. The zero-order valence-corrected chi connectivity index (χ0v) is 19.4. The monoisotopic (exact) mass is 479 g/mol. The number of aliphatic imine (C=N–C) groups is 1. The summed E-state index contributed by atoms with van der Waals surface area (Å²) in [7, 11) is 0. The highest BCUT2D eigenvalue weighted by molar-refractivity contribution is 14.0. The molecule has 1 saturated heterocycles. The van der Waals surface area contributed by atoms with Gasteiger partial charge in [0, 0.05) is 30.6 Å². The van der Waals surface area contributed by atoms with Gasteiger partial charge in [0.1, 0.15) is 0 Å². The lowest BCUT2D eigenvalue weighted by Gasteiger charge is -2.31. The Morgan fingerprint density at radius 3 is 2.56 bits per heavy atom.